The van der Waals surface area contributed by atoms with Gasteiger partial charge in [0.2, 0.25) is 0 Å². The highest BCUT2D eigenvalue weighted by molar-refractivity contribution is 14.0. The van der Waals surface area contributed by atoms with Gasteiger partial charge in [-0.1, -0.05) is 6.07 Å². The molecule has 1 unspecified atom stereocenters. The fourth-order valence-electron chi connectivity index (χ4n) is 2.21. The van der Waals surface area contributed by atoms with Gasteiger partial charge in [-0.05, 0) is 32.0 Å². The minimum Gasteiger partial charge on any atom is -0.454 e. The summed E-state index contributed by atoms with van der Waals surface area (Å²) in [6.45, 7) is 4.38. The van der Waals surface area contributed by atoms with Crippen LogP contribution < -0.4 is 16.4 Å². The van der Waals surface area contributed by atoms with E-state index >= 15 is 0 Å². The second-order valence-electron chi connectivity index (χ2n) is 5.36. The monoisotopic (exact) mass is 478 g/mol. The van der Waals surface area contributed by atoms with Crippen LogP contribution in [0.1, 0.15) is 41.8 Å². The number of halogens is 3. The van der Waals surface area contributed by atoms with Crippen LogP contribution >= 0.6 is 24.0 Å². The van der Waals surface area contributed by atoms with Crippen LogP contribution in [0.2, 0.25) is 0 Å². The van der Waals surface area contributed by atoms with Gasteiger partial charge in [-0.25, -0.2) is 13.8 Å². The van der Waals surface area contributed by atoms with Crippen LogP contribution in [0.4, 0.5) is 8.78 Å². The summed E-state index contributed by atoms with van der Waals surface area (Å²) in [4.78, 5) is 15.3. The summed E-state index contributed by atoms with van der Waals surface area (Å²) < 4.78 is 32.1. The zero-order valence-electron chi connectivity index (χ0n) is 14.4. The van der Waals surface area contributed by atoms with E-state index in [0.717, 1.165) is 6.07 Å². The standard InChI is InChI=1S/C17H20F2N4O2.HI/c1-3-21-17(22-9-12-5-7-15(25-12)16(20)24)23-10(2)13-6-4-11(18)8-14(13)19;/h4-8,10H,3,9H2,1-2H3,(H2,20,24)(H2,21,22,23);1H. The Bertz CT molecular complexity index is 780. The van der Waals surface area contributed by atoms with Crippen molar-refractivity contribution in [2.45, 2.75) is 26.4 Å². The molecule has 0 bridgehead atoms. The van der Waals surface area contributed by atoms with Crippen LogP contribution in [0.5, 0.6) is 0 Å². The Hall–Kier alpha value is -2.17. The molecular weight excluding hydrogens is 457 g/mol. The summed E-state index contributed by atoms with van der Waals surface area (Å²) in [6.07, 6.45) is 0. The quantitative estimate of drug-likeness (QED) is 0.338. The molecule has 0 saturated heterocycles. The molecule has 0 fully saturated rings. The molecule has 0 spiro atoms. The highest BCUT2D eigenvalue weighted by Crippen LogP contribution is 2.17. The average molecular weight is 478 g/mol. The number of hydrogen-bond acceptors (Lipinski definition) is 3. The molecule has 4 N–H and O–H groups in total. The number of guanidine groups is 1. The first-order valence-electron chi connectivity index (χ1n) is 7.79. The van der Waals surface area contributed by atoms with Crippen molar-refractivity contribution in [3.05, 3.63) is 59.1 Å². The van der Waals surface area contributed by atoms with Crippen LogP contribution in [-0.2, 0) is 6.54 Å². The van der Waals surface area contributed by atoms with E-state index in [2.05, 4.69) is 15.6 Å². The molecule has 1 atom stereocenters. The first kappa shape index (κ1) is 21.9. The summed E-state index contributed by atoms with van der Waals surface area (Å²) >= 11 is 0. The third-order valence-electron chi connectivity index (χ3n) is 3.42. The van der Waals surface area contributed by atoms with Crippen molar-refractivity contribution < 1.29 is 18.0 Å². The predicted molar refractivity (Wildman–Crippen MR) is 105 cm³/mol. The van der Waals surface area contributed by atoms with Gasteiger partial charge in [-0.15, -0.1) is 24.0 Å². The predicted octanol–water partition coefficient (Wildman–Crippen LogP) is 3.09. The fourth-order valence-corrected chi connectivity index (χ4v) is 2.21. The number of furan rings is 1. The SMILES string of the molecule is CCNC(=NCc1ccc(C(N)=O)o1)NC(C)c1ccc(F)cc1F.I. The van der Waals surface area contributed by atoms with Gasteiger partial charge in [0.25, 0.3) is 5.91 Å². The van der Waals surface area contributed by atoms with Crippen molar-refractivity contribution in [3.63, 3.8) is 0 Å². The van der Waals surface area contributed by atoms with Gasteiger partial charge in [0, 0.05) is 18.2 Å². The number of nitrogens with zero attached hydrogens (tertiary/aromatic N) is 1. The number of carbonyl (C=O) groups is 1. The van der Waals surface area contributed by atoms with E-state index < -0.39 is 23.6 Å². The smallest absolute Gasteiger partial charge is 0.284 e. The number of primary amides is 1. The van der Waals surface area contributed by atoms with E-state index in [4.69, 9.17) is 10.2 Å². The van der Waals surface area contributed by atoms with E-state index in [0.29, 0.717) is 23.8 Å². The van der Waals surface area contributed by atoms with Crippen molar-refractivity contribution >= 4 is 35.8 Å². The zero-order chi connectivity index (χ0) is 18.4. The molecule has 1 amide bonds. The van der Waals surface area contributed by atoms with E-state index in [1.54, 1.807) is 13.0 Å². The second-order valence-corrected chi connectivity index (χ2v) is 5.36. The number of carbonyl (C=O) groups excluding carboxylic acids is 1. The van der Waals surface area contributed by atoms with Crippen molar-refractivity contribution in [2.75, 3.05) is 6.54 Å². The molecule has 1 aromatic carbocycles. The molecule has 2 rings (SSSR count). The number of hydrogen-bond donors (Lipinski definition) is 3. The number of amides is 1. The summed E-state index contributed by atoms with van der Waals surface area (Å²) in [5, 5.41) is 6.06. The van der Waals surface area contributed by atoms with Gasteiger partial charge in [-0.2, -0.15) is 0 Å². The Morgan fingerprint density at radius 1 is 1.31 bits per heavy atom. The Balaban J connectivity index is 0.00000338. The number of aliphatic imine (C=N–C) groups is 1. The molecule has 1 heterocycles. The van der Waals surface area contributed by atoms with Crippen molar-refractivity contribution in [1.82, 2.24) is 10.6 Å². The summed E-state index contributed by atoms with van der Waals surface area (Å²) in [6, 6.07) is 6.08. The van der Waals surface area contributed by atoms with Crippen LogP contribution in [0.25, 0.3) is 0 Å². The van der Waals surface area contributed by atoms with Gasteiger partial charge in [0.1, 0.15) is 23.9 Å². The van der Waals surface area contributed by atoms with Crippen molar-refractivity contribution in [3.8, 4) is 0 Å². The lowest BCUT2D eigenvalue weighted by atomic mass is 10.1. The van der Waals surface area contributed by atoms with Crippen LogP contribution in [0, 0.1) is 11.6 Å². The normalized spacial score (nSPS) is 12.2. The largest absolute Gasteiger partial charge is 0.454 e. The Morgan fingerprint density at radius 2 is 2.04 bits per heavy atom. The lowest BCUT2D eigenvalue weighted by Crippen LogP contribution is -2.39. The van der Waals surface area contributed by atoms with Crippen LogP contribution in [0.15, 0.2) is 39.7 Å². The zero-order valence-corrected chi connectivity index (χ0v) is 16.7. The van der Waals surface area contributed by atoms with E-state index in [1.165, 1.54) is 18.2 Å². The first-order valence-corrected chi connectivity index (χ1v) is 7.79. The molecule has 9 heteroatoms. The van der Waals surface area contributed by atoms with Gasteiger partial charge in [-0.3, -0.25) is 4.79 Å². The fraction of sp³-hybridized carbons (Fsp3) is 0.294. The minimum atomic E-state index is -0.652. The summed E-state index contributed by atoms with van der Waals surface area (Å²) in [5.74, 6) is -0.960. The second kappa shape index (κ2) is 10.1. The summed E-state index contributed by atoms with van der Waals surface area (Å²) in [5.41, 5.74) is 5.45. The van der Waals surface area contributed by atoms with Crippen LogP contribution in [0.3, 0.4) is 0 Å². The van der Waals surface area contributed by atoms with E-state index in [1.807, 2.05) is 6.92 Å². The van der Waals surface area contributed by atoms with Crippen molar-refractivity contribution in [2.24, 2.45) is 10.7 Å². The number of nitrogens with one attached hydrogen (secondary N) is 2. The van der Waals surface area contributed by atoms with Gasteiger partial charge in [0.15, 0.2) is 11.7 Å². The van der Waals surface area contributed by atoms with E-state index in [-0.39, 0.29) is 36.3 Å². The average Bonchev–Trinajstić information content (AvgIpc) is 3.02. The molecule has 6 nitrogen and oxygen atoms in total. The van der Waals surface area contributed by atoms with Gasteiger partial charge in [0.05, 0.1) is 6.04 Å². The lowest BCUT2D eigenvalue weighted by Gasteiger charge is -2.18. The Morgan fingerprint density at radius 3 is 2.62 bits per heavy atom. The molecule has 26 heavy (non-hydrogen) atoms. The third kappa shape index (κ3) is 5.97. The highest BCUT2D eigenvalue weighted by atomic mass is 127. The molecule has 0 saturated carbocycles. The van der Waals surface area contributed by atoms with Gasteiger partial charge < -0.3 is 20.8 Å². The Kier molecular flexibility index (Phi) is 8.49. The molecule has 1 aromatic heterocycles. The molecule has 0 aliphatic rings. The molecule has 0 aliphatic carbocycles. The molecular formula is C17H21F2IN4O2. The third-order valence-corrected chi connectivity index (χ3v) is 3.42. The topological polar surface area (TPSA) is 92.6 Å². The Labute approximate surface area is 167 Å². The van der Waals surface area contributed by atoms with E-state index in [9.17, 15) is 13.6 Å². The maximum Gasteiger partial charge on any atom is 0.284 e. The van der Waals surface area contributed by atoms with Crippen molar-refractivity contribution in [1.29, 1.82) is 0 Å². The number of nitrogens with two attached hydrogens (primary N) is 1. The molecule has 0 radical (unpaired) electrons. The molecule has 142 valence electrons. The number of rotatable bonds is 6. The van der Waals surface area contributed by atoms with Gasteiger partial charge >= 0.3 is 0 Å². The first-order chi connectivity index (χ1) is 11.9. The minimum absolute atomic E-state index is 0. The molecule has 0 aliphatic heterocycles. The molecule has 2 aromatic rings. The van der Waals surface area contributed by atoms with Crippen LogP contribution in [-0.4, -0.2) is 18.4 Å². The maximum atomic E-state index is 13.9. The highest BCUT2D eigenvalue weighted by Gasteiger charge is 2.13. The lowest BCUT2D eigenvalue weighted by molar-refractivity contribution is 0.0972. The number of benzene rings is 1. The summed E-state index contributed by atoms with van der Waals surface area (Å²) in [7, 11) is 0. The maximum absolute atomic E-state index is 13.9.